The summed E-state index contributed by atoms with van der Waals surface area (Å²) in [6.07, 6.45) is -0.579. The minimum atomic E-state index is -1.84. The summed E-state index contributed by atoms with van der Waals surface area (Å²) in [7, 11) is 0.360. The molecule has 0 saturated carbocycles. The van der Waals surface area contributed by atoms with Gasteiger partial charge in [-0.1, -0.05) is 20.8 Å². The minimum absolute atomic E-state index is 0.0434. The van der Waals surface area contributed by atoms with Gasteiger partial charge in [-0.25, -0.2) is 0 Å². The lowest BCUT2D eigenvalue weighted by Crippen LogP contribution is -2.56. The van der Waals surface area contributed by atoms with Gasteiger partial charge in [-0.3, -0.25) is 4.90 Å². The van der Waals surface area contributed by atoms with Crippen LogP contribution in [0, 0.1) is 0 Å². The predicted molar refractivity (Wildman–Crippen MR) is 120 cm³/mol. The number of hydrogen-bond donors (Lipinski definition) is 0. The van der Waals surface area contributed by atoms with Gasteiger partial charge in [-0.2, -0.15) is 0 Å². The SMILES string of the molecule is CC[Si](CC)(CC)O[C@@H](C1SCCN1C)[C@H]1OC(C)(C)O[C@@H]1[C@@H]1COC(C)(C)O1. The van der Waals surface area contributed by atoms with Gasteiger partial charge in [0, 0.05) is 12.3 Å². The molecule has 3 saturated heterocycles. The fourth-order valence-electron chi connectivity index (χ4n) is 4.73. The van der Waals surface area contributed by atoms with Crippen LogP contribution in [0.3, 0.4) is 0 Å². The molecule has 0 aromatic carbocycles. The molecule has 0 aromatic rings. The van der Waals surface area contributed by atoms with Gasteiger partial charge >= 0.3 is 0 Å². The highest BCUT2D eigenvalue weighted by Gasteiger charge is 2.55. The second kappa shape index (κ2) is 9.06. The second-order valence-corrected chi connectivity index (χ2v) is 15.4. The zero-order chi connectivity index (χ0) is 21.4. The monoisotopic (exact) mass is 447 g/mol. The molecule has 5 atom stereocenters. The van der Waals surface area contributed by atoms with E-state index in [1.54, 1.807) is 0 Å². The van der Waals surface area contributed by atoms with Crippen molar-refractivity contribution in [3.8, 4) is 0 Å². The molecular formula is C21H41NO5SSi. The lowest BCUT2D eigenvalue weighted by atomic mass is 10.0. The molecule has 3 aliphatic rings. The van der Waals surface area contributed by atoms with E-state index in [0.717, 1.165) is 30.4 Å². The average Bonchev–Trinajstić information content (AvgIpc) is 3.33. The van der Waals surface area contributed by atoms with Crippen LogP contribution in [0.5, 0.6) is 0 Å². The van der Waals surface area contributed by atoms with Gasteiger partial charge in [0.15, 0.2) is 19.9 Å². The van der Waals surface area contributed by atoms with E-state index < -0.39 is 19.9 Å². The quantitative estimate of drug-likeness (QED) is 0.520. The van der Waals surface area contributed by atoms with Crippen molar-refractivity contribution in [1.82, 2.24) is 4.90 Å². The Morgan fingerprint density at radius 1 is 1.03 bits per heavy atom. The number of likely N-dealkylation sites (N-methyl/N-ethyl adjacent to an activating group) is 1. The molecule has 0 N–H and O–H groups in total. The van der Waals surface area contributed by atoms with Crippen molar-refractivity contribution in [2.75, 3.05) is 26.0 Å². The van der Waals surface area contributed by atoms with Crippen molar-refractivity contribution < 1.29 is 23.4 Å². The normalized spacial score (nSPS) is 36.0. The third kappa shape index (κ3) is 5.22. The van der Waals surface area contributed by atoms with Gasteiger partial charge in [0.25, 0.3) is 0 Å². The highest BCUT2D eigenvalue weighted by molar-refractivity contribution is 8.00. The molecule has 0 aliphatic carbocycles. The van der Waals surface area contributed by atoms with E-state index in [4.69, 9.17) is 23.4 Å². The minimum Gasteiger partial charge on any atom is -0.409 e. The number of nitrogens with zero attached hydrogens (tertiary/aromatic N) is 1. The first-order valence-corrected chi connectivity index (χ1v) is 14.8. The molecule has 3 aliphatic heterocycles. The Morgan fingerprint density at radius 2 is 1.69 bits per heavy atom. The van der Waals surface area contributed by atoms with Gasteiger partial charge < -0.3 is 23.4 Å². The Morgan fingerprint density at radius 3 is 2.17 bits per heavy atom. The van der Waals surface area contributed by atoms with E-state index in [9.17, 15) is 0 Å². The first-order chi connectivity index (χ1) is 13.6. The summed E-state index contributed by atoms with van der Waals surface area (Å²) in [5, 5.41) is 0.270. The van der Waals surface area contributed by atoms with Gasteiger partial charge in [0.1, 0.15) is 18.3 Å². The summed E-state index contributed by atoms with van der Waals surface area (Å²) in [6, 6.07) is 3.36. The average molecular weight is 448 g/mol. The largest absolute Gasteiger partial charge is 0.409 e. The predicted octanol–water partition coefficient (Wildman–Crippen LogP) is 4.05. The molecule has 0 amide bonds. The first-order valence-electron chi connectivity index (χ1n) is 11.2. The van der Waals surface area contributed by atoms with Crippen LogP contribution < -0.4 is 0 Å². The summed E-state index contributed by atoms with van der Waals surface area (Å²) >= 11 is 1.98. The maximum Gasteiger partial charge on any atom is 0.192 e. The zero-order valence-corrected chi connectivity index (χ0v) is 21.3. The van der Waals surface area contributed by atoms with Crippen LogP contribution in [-0.4, -0.2) is 80.5 Å². The van der Waals surface area contributed by atoms with Crippen LogP contribution in [0.2, 0.25) is 18.1 Å². The van der Waals surface area contributed by atoms with Crippen molar-refractivity contribution in [3.63, 3.8) is 0 Å². The number of ether oxygens (including phenoxy) is 4. The van der Waals surface area contributed by atoms with E-state index in [1.165, 1.54) is 0 Å². The Bertz CT molecular complexity index is 551. The van der Waals surface area contributed by atoms with Crippen LogP contribution in [0.15, 0.2) is 0 Å². The molecule has 170 valence electrons. The zero-order valence-electron chi connectivity index (χ0n) is 19.5. The fourth-order valence-corrected chi connectivity index (χ4v) is 9.06. The number of thioether (sulfide) groups is 1. The molecule has 29 heavy (non-hydrogen) atoms. The lowest BCUT2D eigenvalue weighted by Gasteiger charge is -2.41. The molecule has 3 fully saturated rings. The van der Waals surface area contributed by atoms with Crippen LogP contribution in [0.25, 0.3) is 0 Å². The van der Waals surface area contributed by atoms with E-state index >= 15 is 0 Å². The van der Waals surface area contributed by atoms with Crippen molar-refractivity contribution in [2.24, 2.45) is 0 Å². The lowest BCUT2D eigenvalue weighted by molar-refractivity contribution is -0.175. The second-order valence-electron chi connectivity index (χ2n) is 9.50. The molecule has 6 nitrogen and oxygen atoms in total. The maximum absolute atomic E-state index is 7.13. The summed E-state index contributed by atoms with van der Waals surface area (Å²) in [5.41, 5.74) is 0. The van der Waals surface area contributed by atoms with Crippen molar-refractivity contribution in [3.05, 3.63) is 0 Å². The fraction of sp³-hybridized carbons (Fsp3) is 1.00. The Hall–Kier alpha value is 0.327. The van der Waals surface area contributed by atoms with E-state index in [-0.39, 0.29) is 29.8 Å². The smallest absolute Gasteiger partial charge is 0.192 e. The summed E-state index contributed by atoms with van der Waals surface area (Å²) in [6.45, 7) is 16.4. The molecule has 3 rings (SSSR count). The Kier molecular flexibility index (Phi) is 7.49. The van der Waals surface area contributed by atoms with Crippen LogP contribution in [0.1, 0.15) is 48.5 Å². The van der Waals surface area contributed by atoms with Crippen LogP contribution >= 0.6 is 11.8 Å². The van der Waals surface area contributed by atoms with E-state index in [0.29, 0.717) is 6.61 Å². The third-order valence-corrected chi connectivity index (χ3v) is 12.7. The Balaban J connectivity index is 1.91. The van der Waals surface area contributed by atoms with E-state index in [1.807, 2.05) is 39.5 Å². The van der Waals surface area contributed by atoms with Gasteiger partial charge in [0.2, 0.25) is 0 Å². The molecule has 3 heterocycles. The molecule has 1 unspecified atom stereocenters. The van der Waals surface area contributed by atoms with E-state index in [2.05, 4.69) is 32.7 Å². The summed E-state index contributed by atoms with van der Waals surface area (Å²) in [5.74, 6) is -0.128. The molecule has 0 aromatic heterocycles. The maximum atomic E-state index is 7.13. The van der Waals surface area contributed by atoms with Gasteiger partial charge in [0.05, 0.1) is 18.1 Å². The highest BCUT2D eigenvalue weighted by atomic mass is 32.2. The first kappa shape index (κ1) is 24.0. The van der Waals surface area contributed by atoms with Crippen molar-refractivity contribution >= 4 is 20.1 Å². The summed E-state index contributed by atoms with van der Waals surface area (Å²) in [4.78, 5) is 2.41. The number of rotatable bonds is 8. The molecular weight excluding hydrogens is 406 g/mol. The highest BCUT2D eigenvalue weighted by Crippen LogP contribution is 2.42. The van der Waals surface area contributed by atoms with Gasteiger partial charge in [-0.15, -0.1) is 11.8 Å². The molecule has 0 spiro atoms. The third-order valence-electron chi connectivity index (χ3n) is 6.65. The van der Waals surface area contributed by atoms with Crippen LogP contribution in [0.4, 0.5) is 0 Å². The summed E-state index contributed by atoms with van der Waals surface area (Å²) < 4.78 is 32.2. The Labute approximate surface area is 182 Å². The van der Waals surface area contributed by atoms with Gasteiger partial charge in [-0.05, 0) is 52.9 Å². The van der Waals surface area contributed by atoms with Crippen molar-refractivity contribution in [1.29, 1.82) is 0 Å². The molecule has 0 radical (unpaired) electrons. The standard InChI is InChI=1S/C21H41NO5SSi/c1-9-29(10-2,11-3)27-18(19-22(8)12-13-28-19)17-16(25-21(6,7)26-17)15-14-23-20(4,5)24-15/h15-19H,9-14H2,1-8H3/t15-,16+,17-,18+,19?/m0/s1. The number of hydrogen-bond acceptors (Lipinski definition) is 7. The van der Waals surface area contributed by atoms with Crippen LogP contribution in [-0.2, 0) is 23.4 Å². The topological polar surface area (TPSA) is 49.4 Å². The molecule has 8 heteroatoms. The molecule has 0 bridgehead atoms. The van der Waals surface area contributed by atoms with Crippen molar-refractivity contribution in [2.45, 2.75) is 108 Å².